The van der Waals surface area contributed by atoms with E-state index in [-0.39, 0.29) is 6.61 Å². The van der Waals surface area contributed by atoms with Crippen molar-refractivity contribution in [1.29, 1.82) is 0 Å². The van der Waals surface area contributed by atoms with Crippen molar-refractivity contribution >= 4 is 23.2 Å². The highest BCUT2D eigenvalue weighted by atomic mass is 32.2. The van der Waals surface area contributed by atoms with Gasteiger partial charge in [0.15, 0.2) is 6.61 Å². The third kappa shape index (κ3) is 5.13. The van der Waals surface area contributed by atoms with Crippen molar-refractivity contribution in [3.8, 4) is 5.75 Å². The number of hydrogen-bond donors (Lipinski definition) is 0. The number of methoxy groups -OCH3 is 1. The van der Waals surface area contributed by atoms with Crippen LogP contribution in [0.2, 0.25) is 0 Å². The average molecular weight is 297 g/mol. The van der Waals surface area contributed by atoms with Crippen molar-refractivity contribution in [2.24, 2.45) is 4.40 Å². The highest BCUT2D eigenvalue weighted by Crippen LogP contribution is 2.17. The van der Waals surface area contributed by atoms with E-state index in [1.807, 2.05) is 26.8 Å². The van der Waals surface area contributed by atoms with Crippen LogP contribution >= 0.6 is 0 Å². The summed E-state index contributed by atoms with van der Waals surface area (Å²) < 4.78 is 25.3. The van der Waals surface area contributed by atoms with Crippen molar-refractivity contribution in [1.82, 2.24) is 0 Å². The van der Waals surface area contributed by atoms with Crippen molar-refractivity contribution in [3.63, 3.8) is 0 Å². The number of carbonyl (C=O) groups excluding carboxylic acids is 1. The molecule has 0 aliphatic rings. The highest BCUT2D eigenvalue weighted by Gasteiger charge is 2.18. The monoisotopic (exact) mass is 297 g/mol. The van der Waals surface area contributed by atoms with Gasteiger partial charge in [-0.15, -0.1) is 0 Å². The van der Waals surface area contributed by atoms with Crippen molar-refractivity contribution in [3.05, 3.63) is 29.8 Å². The molecule has 0 spiro atoms. The number of nitrogens with zero attached hydrogens (tertiary/aromatic N) is 1. The van der Waals surface area contributed by atoms with Crippen LogP contribution in [-0.2, 0) is 20.5 Å². The van der Waals surface area contributed by atoms with E-state index < -0.39 is 21.7 Å². The maximum Gasteiger partial charge on any atom is 0.343 e. The highest BCUT2D eigenvalue weighted by molar-refractivity contribution is 7.85. The van der Waals surface area contributed by atoms with E-state index in [0.717, 1.165) is 0 Å². The van der Waals surface area contributed by atoms with Crippen LogP contribution in [0.4, 0.5) is 0 Å². The first-order valence-corrected chi connectivity index (χ1v) is 7.20. The molecule has 0 saturated carbocycles. The Morgan fingerprint density at radius 2 is 2.00 bits per heavy atom. The van der Waals surface area contributed by atoms with Gasteiger partial charge in [0.1, 0.15) is 16.7 Å². The Balaban J connectivity index is 2.83. The molecule has 0 unspecified atom stereocenters. The van der Waals surface area contributed by atoms with Gasteiger partial charge in [-0.3, -0.25) is 0 Å². The van der Waals surface area contributed by atoms with Gasteiger partial charge in [0, 0.05) is 11.8 Å². The first kappa shape index (κ1) is 16.4. The molecule has 0 bridgehead atoms. The molecule has 5 nitrogen and oxygen atoms in total. The third-order valence-corrected chi connectivity index (χ3v) is 3.65. The van der Waals surface area contributed by atoms with Crippen molar-refractivity contribution in [2.75, 3.05) is 13.7 Å². The summed E-state index contributed by atoms with van der Waals surface area (Å²) in [6.07, 6.45) is 1.49. The van der Waals surface area contributed by atoms with E-state index in [1.165, 1.54) is 13.3 Å². The minimum absolute atomic E-state index is 0.177. The van der Waals surface area contributed by atoms with Gasteiger partial charge in [-0.05, 0) is 32.9 Å². The summed E-state index contributed by atoms with van der Waals surface area (Å²) in [5, 5.41) is 0. The summed E-state index contributed by atoms with van der Waals surface area (Å²) in [7, 11) is -0.0410. The lowest BCUT2D eigenvalue weighted by atomic mass is 10.2. The Morgan fingerprint density at radius 3 is 2.60 bits per heavy atom. The van der Waals surface area contributed by atoms with E-state index in [2.05, 4.69) is 9.13 Å². The lowest BCUT2D eigenvalue weighted by molar-refractivity contribution is -0.142. The molecule has 1 rings (SSSR count). The van der Waals surface area contributed by atoms with Crippen LogP contribution in [0.5, 0.6) is 5.75 Å². The predicted molar refractivity (Wildman–Crippen MR) is 79.4 cm³/mol. The zero-order valence-corrected chi connectivity index (χ0v) is 12.9. The molecular formula is C14H19NO4S. The molecule has 0 radical (unpaired) electrons. The molecule has 0 amide bonds. The van der Waals surface area contributed by atoms with Gasteiger partial charge < -0.3 is 9.47 Å². The first-order valence-electron chi connectivity index (χ1n) is 6.09. The molecular weight excluding hydrogens is 278 g/mol. The smallest absolute Gasteiger partial charge is 0.343 e. The fourth-order valence-corrected chi connectivity index (χ4v) is 1.70. The van der Waals surface area contributed by atoms with Gasteiger partial charge in [-0.25, -0.2) is 9.00 Å². The largest absolute Gasteiger partial charge is 0.481 e. The molecule has 0 fully saturated rings. The molecule has 0 heterocycles. The van der Waals surface area contributed by atoms with Gasteiger partial charge >= 0.3 is 5.97 Å². The molecule has 6 heteroatoms. The topological polar surface area (TPSA) is 65.0 Å². The standard InChI is InChI=1S/C14H19NO4S/c1-14(2,3)20(17)15-9-11-7-5-6-8-12(11)19-10-13(16)18-4/h5-9H,10H2,1-4H3/b15-9+/t20-/m1/s1. The SMILES string of the molecule is COC(=O)COc1ccccc1/C=N/[S@](=O)C(C)(C)C. The molecule has 1 atom stereocenters. The first-order chi connectivity index (χ1) is 9.34. The lowest BCUT2D eigenvalue weighted by Crippen LogP contribution is -2.19. The van der Waals surface area contributed by atoms with Crippen LogP contribution in [0, 0.1) is 0 Å². The quantitative estimate of drug-likeness (QED) is 0.617. The summed E-state index contributed by atoms with van der Waals surface area (Å²) in [6.45, 7) is 5.37. The Bertz CT molecular complexity index is 520. The van der Waals surface area contributed by atoms with Crippen LogP contribution in [0.1, 0.15) is 26.3 Å². The van der Waals surface area contributed by atoms with Gasteiger partial charge in [0.2, 0.25) is 0 Å². The molecule has 1 aromatic carbocycles. The number of para-hydroxylation sites is 1. The Kier molecular flexibility index (Phi) is 5.88. The molecule has 0 aliphatic heterocycles. The summed E-state index contributed by atoms with van der Waals surface area (Å²) in [4.78, 5) is 11.1. The number of rotatable bonds is 5. The minimum Gasteiger partial charge on any atom is -0.481 e. The number of esters is 1. The van der Waals surface area contributed by atoms with E-state index >= 15 is 0 Å². The Labute approximate surface area is 121 Å². The second-order valence-electron chi connectivity index (χ2n) is 5.00. The van der Waals surface area contributed by atoms with Gasteiger partial charge in [0.25, 0.3) is 0 Å². The number of benzene rings is 1. The van der Waals surface area contributed by atoms with Crippen LogP contribution in [0.3, 0.4) is 0 Å². The predicted octanol–water partition coefficient (Wildman–Crippen LogP) is 2.12. The summed E-state index contributed by atoms with van der Waals surface area (Å²) in [5.41, 5.74) is 0.661. The second kappa shape index (κ2) is 7.19. The van der Waals surface area contributed by atoms with Crippen LogP contribution in [0.25, 0.3) is 0 Å². The zero-order valence-electron chi connectivity index (χ0n) is 12.1. The fraction of sp³-hybridized carbons (Fsp3) is 0.429. The Morgan fingerprint density at radius 1 is 1.35 bits per heavy atom. The maximum atomic E-state index is 11.9. The second-order valence-corrected chi connectivity index (χ2v) is 6.93. The van der Waals surface area contributed by atoms with Crippen LogP contribution in [0.15, 0.2) is 28.7 Å². The number of hydrogen-bond acceptors (Lipinski definition) is 4. The maximum absolute atomic E-state index is 11.9. The summed E-state index contributed by atoms with van der Waals surface area (Å²) in [6, 6.07) is 7.08. The van der Waals surface area contributed by atoms with Crippen LogP contribution in [-0.4, -0.2) is 34.9 Å². The van der Waals surface area contributed by atoms with Gasteiger partial charge in [-0.2, -0.15) is 4.40 Å². The summed E-state index contributed by atoms with van der Waals surface area (Å²) in [5.74, 6) is 0.0302. The average Bonchev–Trinajstić information content (AvgIpc) is 2.41. The van der Waals surface area contributed by atoms with Crippen molar-refractivity contribution < 1.29 is 18.5 Å². The van der Waals surface area contributed by atoms with Gasteiger partial charge in [0.05, 0.1) is 11.9 Å². The lowest BCUT2D eigenvalue weighted by Gasteiger charge is -2.13. The molecule has 0 saturated heterocycles. The molecule has 0 aromatic heterocycles. The molecule has 0 aliphatic carbocycles. The van der Waals surface area contributed by atoms with Crippen molar-refractivity contribution in [2.45, 2.75) is 25.5 Å². The summed E-state index contributed by atoms with van der Waals surface area (Å²) >= 11 is 0. The van der Waals surface area contributed by atoms with E-state index in [0.29, 0.717) is 11.3 Å². The molecule has 110 valence electrons. The molecule has 20 heavy (non-hydrogen) atoms. The number of carbonyl (C=O) groups is 1. The minimum atomic E-state index is -1.34. The molecule has 0 N–H and O–H groups in total. The normalized spacial score (nSPS) is 13.2. The fourth-order valence-electron chi connectivity index (χ4n) is 1.18. The van der Waals surface area contributed by atoms with Crippen LogP contribution < -0.4 is 4.74 Å². The third-order valence-electron chi connectivity index (χ3n) is 2.30. The number of ether oxygens (including phenoxy) is 2. The zero-order chi connectivity index (χ0) is 15.2. The Hall–Kier alpha value is -1.69. The van der Waals surface area contributed by atoms with Gasteiger partial charge in [-0.1, -0.05) is 12.1 Å². The molecule has 1 aromatic rings. The van der Waals surface area contributed by atoms with E-state index in [4.69, 9.17) is 4.74 Å². The van der Waals surface area contributed by atoms with E-state index in [9.17, 15) is 9.00 Å². The van der Waals surface area contributed by atoms with E-state index in [1.54, 1.807) is 18.2 Å².